The van der Waals surface area contributed by atoms with Gasteiger partial charge in [0.1, 0.15) is 11.5 Å². The van der Waals surface area contributed by atoms with Gasteiger partial charge in [0.15, 0.2) is 11.6 Å². The van der Waals surface area contributed by atoms with E-state index in [0.717, 1.165) is 18.4 Å². The van der Waals surface area contributed by atoms with Gasteiger partial charge in [-0.2, -0.15) is 0 Å². The van der Waals surface area contributed by atoms with Crippen molar-refractivity contribution in [2.45, 2.75) is 78.9 Å². The summed E-state index contributed by atoms with van der Waals surface area (Å²) in [6.45, 7) is 10.4. The molecule has 5 nitrogen and oxygen atoms in total. The van der Waals surface area contributed by atoms with Gasteiger partial charge in [-0.25, -0.2) is 0 Å². The molecule has 1 unspecified atom stereocenters. The summed E-state index contributed by atoms with van der Waals surface area (Å²) in [7, 11) is 0. The van der Waals surface area contributed by atoms with E-state index < -0.39 is 11.5 Å². The van der Waals surface area contributed by atoms with Crippen LogP contribution in [0.2, 0.25) is 0 Å². The molecule has 3 rings (SSSR count). The summed E-state index contributed by atoms with van der Waals surface area (Å²) in [5.41, 5.74) is 1.04. The van der Waals surface area contributed by atoms with Gasteiger partial charge in [0, 0.05) is 30.7 Å². The van der Waals surface area contributed by atoms with E-state index in [4.69, 9.17) is 0 Å². The summed E-state index contributed by atoms with van der Waals surface area (Å²) < 4.78 is 0. The van der Waals surface area contributed by atoms with Crippen LogP contribution in [0.1, 0.15) is 66.7 Å². The van der Waals surface area contributed by atoms with Crippen molar-refractivity contribution in [3.63, 3.8) is 0 Å². The summed E-state index contributed by atoms with van der Waals surface area (Å²) in [6.07, 6.45) is 4.98. The van der Waals surface area contributed by atoms with E-state index in [2.05, 4.69) is 45.2 Å². The minimum Gasteiger partial charge on any atom is -0.385 e. The molecule has 0 saturated carbocycles. The van der Waals surface area contributed by atoms with Gasteiger partial charge in [-0.3, -0.25) is 14.4 Å². The van der Waals surface area contributed by atoms with E-state index in [1.165, 1.54) is 5.57 Å². The van der Waals surface area contributed by atoms with Gasteiger partial charge < -0.3 is 10.4 Å². The molecule has 0 aromatic rings. The highest BCUT2D eigenvalue weighted by atomic mass is 16.3. The van der Waals surface area contributed by atoms with Gasteiger partial charge >= 0.3 is 0 Å². The number of ketones is 2. The van der Waals surface area contributed by atoms with Crippen LogP contribution in [-0.4, -0.2) is 34.7 Å². The zero-order valence-electron chi connectivity index (χ0n) is 18.3. The summed E-state index contributed by atoms with van der Waals surface area (Å²) in [4.78, 5) is 39.5. The van der Waals surface area contributed by atoms with Crippen LogP contribution < -0.4 is 5.32 Å². The molecule has 0 radical (unpaired) electrons. The highest BCUT2D eigenvalue weighted by molar-refractivity contribution is 6.10. The minimum atomic E-state index is -1.32. The van der Waals surface area contributed by atoms with Crippen molar-refractivity contribution in [3.8, 4) is 0 Å². The Morgan fingerprint density at radius 2 is 1.86 bits per heavy atom. The molecule has 160 valence electrons. The molecule has 1 heterocycles. The van der Waals surface area contributed by atoms with E-state index in [1.54, 1.807) is 0 Å². The lowest BCUT2D eigenvalue weighted by molar-refractivity contribution is -0.148. The van der Waals surface area contributed by atoms with Crippen molar-refractivity contribution in [1.82, 2.24) is 5.32 Å². The van der Waals surface area contributed by atoms with Gasteiger partial charge in [-0.05, 0) is 44.9 Å². The third kappa shape index (κ3) is 3.74. The third-order valence-corrected chi connectivity index (χ3v) is 7.27. The van der Waals surface area contributed by atoms with Crippen LogP contribution >= 0.6 is 0 Å². The fourth-order valence-corrected chi connectivity index (χ4v) is 5.76. The van der Waals surface area contributed by atoms with E-state index in [1.807, 2.05) is 6.92 Å². The SMILES string of the molecule is CC1=C[C@@H]2/C=C(/C)CCCC(=O)C(O)CC(=O)[C@]23C(=O)N[C@@H](CC(C)C)[C@@H]3[C@@H]1C. The molecule has 2 aliphatic carbocycles. The minimum absolute atomic E-state index is 0.0737. The maximum atomic E-state index is 13.7. The molecule has 5 heteroatoms. The van der Waals surface area contributed by atoms with Gasteiger partial charge in [0.25, 0.3) is 0 Å². The number of hydrogen-bond acceptors (Lipinski definition) is 4. The first-order chi connectivity index (χ1) is 13.6. The second kappa shape index (κ2) is 8.17. The molecule has 2 N–H and O–H groups in total. The largest absolute Gasteiger partial charge is 0.385 e. The Morgan fingerprint density at radius 1 is 1.17 bits per heavy atom. The van der Waals surface area contributed by atoms with Crippen LogP contribution in [0.4, 0.5) is 0 Å². The fraction of sp³-hybridized carbons (Fsp3) is 0.708. The number of carbonyl (C=O) groups excluding carboxylic acids is 3. The average molecular weight is 402 g/mol. The molecular formula is C24H35NO4. The van der Waals surface area contributed by atoms with Crippen molar-refractivity contribution in [2.75, 3.05) is 0 Å². The zero-order chi connectivity index (χ0) is 21.5. The number of Topliss-reactive ketones (excluding diaryl/α,β-unsaturated/α-hetero) is 2. The number of carbonyl (C=O) groups is 3. The highest BCUT2D eigenvalue weighted by Gasteiger charge is 2.65. The molecule has 29 heavy (non-hydrogen) atoms. The highest BCUT2D eigenvalue weighted by Crippen LogP contribution is 2.55. The Kier molecular flexibility index (Phi) is 6.19. The molecule has 1 spiro atoms. The number of rotatable bonds is 2. The van der Waals surface area contributed by atoms with Crippen molar-refractivity contribution >= 4 is 17.5 Å². The Balaban J connectivity index is 2.19. The van der Waals surface area contributed by atoms with Crippen LogP contribution in [0, 0.1) is 29.1 Å². The number of aliphatic hydroxyl groups excluding tert-OH is 1. The van der Waals surface area contributed by atoms with Gasteiger partial charge in [-0.15, -0.1) is 0 Å². The number of nitrogens with one attached hydrogen (secondary N) is 1. The lowest BCUT2D eigenvalue weighted by Gasteiger charge is -2.45. The molecule has 0 bridgehead atoms. The monoisotopic (exact) mass is 401 g/mol. The van der Waals surface area contributed by atoms with Gasteiger partial charge in [0.05, 0.1) is 0 Å². The summed E-state index contributed by atoms with van der Waals surface area (Å²) >= 11 is 0. The van der Waals surface area contributed by atoms with Crippen LogP contribution in [0.3, 0.4) is 0 Å². The smallest absolute Gasteiger partial charge is 0.235 e. The standard InChI is InChI=1S/C24H35NO4/c1-13(2)9-18-22-16(5)15(4)11-17-10-14(3)7-6-8-19(26)20(27)12-21(28)24(17,22)23(29)25-18/h10-11,13,16-18,20,22,27H,6-9,12H2,1-5H3,(H,25,29)/b14-10-/t16-,17+,18+,20?,22+,24-/m1/s1. The normalized spacial score (nSPS) is 40.4. The van der Waals surface area contributed by atoms with E-state index >= 15 is 0 Å². The molecule has 1 aliphatic heterocycles. The maximum absolute atomic E-state index is 13.7. The molecule has 1 fully saturated rings. The summed E-state index contributed by atoms with van der Waals surface area (Å²) in [5, 5.41) is 13.6. The molecule has 6 atom stereocenters. The second-order valence-electron chi connectivity index (χ2n) is 9.81. The molecule has 1 saturated heterocycles. The van der Waals surface area contributed by atoms with Crippen LogP contribution in [0.5, 0.6) is 0 Å². The Labute approximate surface area is 174 Å². The van der Waals surface area contributed by atoms with Crippen LogP contribution in [0.15, 0.2) is 23.3 Å². The predicted octanol–water partition coefficient (Wildman–Crippen LogP) is 3.37. The Hall–Kier alpha value is -1.75. The zero-order valence-corrected chi connectivity index (χ0v) is 18.3. The quantitative estimate of drug-likeness (QED) is 0.549. The predicted molar refractivity (Wildman–Crippen MR) is 112 cm³/mol. The number of allylic oxidation sites excluding steroid dienone is 4. The Morgan fingerprint density at radius 3 is 2.52 bits per heavy atom. The molecule has 0 aromatic carbocycles. The first kappa shape index (κ1) is 21.9. The first-order valence-corrected chi connectivity index (χ1v) is 11.0. The third-order valence-electron chi connectivity index (χ3n) is 7.27. The molecular weight excluding hydrogens is 366 g/mol. The van der Waals surface area contributed by atoms with E-state index in [-0.39, 0.29) is 54.1 Å². The van der Waals surface area contributed by atoms with Crippen LogP contribution in [0.25, 0.3) is 0 Å². The Bertz CT molecular complexity index is 765. The number of hydrogen-bond donors (Lipinski definition) is 2. The summed E-state index contributed by atoms with van der Waals surface area (Å²) in [5.74, 6) is -0.884. The van der Waals surface area contributed by atoms with Crippen molar-refractivity contribution in [2.24, 2.45) is 29.1 Å². The van der Waals surface area contributed by atoms with Crippen LogP contribution in [-0.2, 0) is 14.4 Å². The van der Waals surface area contributed by atoms with Gasteiger partial charge in [0.2, 0.25) is 5.91 Å². The lowest BCUT2D eigenvalue weighted by atomic mass is 9.54. The topological polar surface area (TPSA) is 83.5 Å². The lowest BCUT2D eigenvalue weighted by Crippen LogP contribution is -2.53. The summed E-state index contributed by atoms with van der Waals surface area (Å²) in [6, 6.07) is -0.0840. The first-order valence-electron chi connectivity index (χ1n) is 11.0. The van der Waals surface area contributed by atoms with Crippen molar-refractivity contribution in [1.29, 1.82) is 0 Å². The number of aliphatic hydroxyl groups is 1. The number of amides is 1. The van der Waals surface area contributed by atoms with Crippen molar-refractivity contribution in [3.05, 3.63) is 23.3 Å². The fourth-order valence-electron chi connectivity index (χ4n) is 5.76. The molecule has 3 aliphatic rings. The molecule has 1 amide bonds. The van der Waals surface area contributed by atoms with Crippen molar-refractivity contribution < 1.29 is 19.5 Å². The molecule has 0 aromatic heterocycles. The van der Waals surface area contributed by atoms with E-state index in [9.17, 15) is 19.5 Å². The van der Waals surface area contributed by atoms with Gasteiger partial charge in [-0.1, -0.05) is 44.1 Å². The second-order valence-corrected chi connectivity index (χ2v) is 9.81. The maximum Gasteiger partial charge on any atom is 0.235 e. The average Bonchev–Trinajstić information content (AvgIpc) is 2.90. The van der Waals surface area contributed by atoms with E-state index in [0.29, 0.717) is 12.3 Å².